The molecule has 5 nitrogen and oxygen atoms in total. The summed E-state index contributed by atoms with van der Waals surface area (Å²) in [6, 6.07) is 6.11. The van der Waals surface area contributed by atoms with Gasteiger partial charge >= 0.3 is 0 Å². The average molecular weight is 274 g/mol. The molecule has 6 heteroatoms. The second-order valence-corrected chi connectivity index (χ2v) is 4.40. The molecule has 1 unspecified atom stereocenters. The van der Waals surface area contributed by atoms with Crippen molar-refractivity contribution < 1.29 is 19.0 Å². The lowest BCUT2D eigenvalue weighted by molar-refractivity contribution is -0.129. The van der Waals surface area contributed by atoms with Gasteiger partial charge in [0.15, 0.2) is 5.60 Å². The molecule has 2 heterocycles. The standard InChI is InChI=1S/C14H11FN2O3/c1-20-11-4-2-3-9-12(11)17-13(18)14(9,19)8-5-6-16-7-10(8)15/h2-7,19H,1H3,(H,17,18). The number of pyridine rings is 1. The van der Waals surface area contributed by atoms with Crippen molar-refractivity contribution in [2.45, 2.75) is 5.60 Å². The van der Waals surface area contributed by atoms with Gasteiger partial charge in [-0.05, 0) is 12.1 Å². The lowest BCUT2D eigenvalue weighted by Crippen LogP contribution is -2.36. The highest BCUT2D eigenvalue weighted by Gasteiger charge is 2.49. The molecule has 0 fully saturated rings. The number of halogens is 1. The minimum Gasteiger partial charge on any atom is -0.495 e. The van der Waals surface area contributed by atoms with Crippen molar-refractivity contribution in [1.29, 1.82) is 0 Å². The Hall–Kier alpha value is -2.47. The quantitative estimate of drug-likeness (QED) is 0.868. The molecule has 0 bridgehead atoms. The fourth-order valence-corrected chi connectivity index (χ4v) is 2.39. The third-order valence-corrected chi connectivity index (χ3v) is 3.37. The number of ether oxygens (including phenoxy) is 1. The van der Waals surface area contributed by atoms with Gasteiger partial charge < -0.3 is 15.2 Å². The minimum absolute atomic E-state index is 0.142. The molecule has 0 aliphatic carbocycles. The first-order valence-corrected chi connectivity index (χ1v) is 5.90. The van der Waals surface area contributed by atoms with E-state index in [-0.39, 0.29) is 11.1 Å². The van der Waals surface area contributed by atoms with Crippen LogP contribution in [0.3, 0.4) is 0 Å². The van der Waals surface area contributed by atoms with E-state index < -0.39 is 17.3 Å². The molecule has 1 atom stereocenters. The maximum Gasteiger partial charge on any atom is 0.266 e. The Kier molecular flexibility index (Phi) is 2.69. The minimum atomic E-state index is -2.09. The van der Waals surface area contributed by atoms with Crippen LogP contribution in [-0.2, 0) is 10.4 Å². The number of aliphatic hydroxyl groups is 1. The number of methoxy groups -OCH3 is 1. The number of carbonyl (C=O) groups is 1. The molecule has 102 valence electrons. The van der Waals surface area contributed by atoms with Crippen molar-refractivity contribution in [2.24, 2.45) is 0 Å². The van der Waals surface area contributed by atoms with Crippen LogP contribution in [0.1, 0.15) is 11.1 Å². The second kappa shape index (κ2) is 4.28. The number of carbonyl (C=O) groups excluding carboxylic acids is 1. The summed E-state index contributed by atoms with van der Waals surface area (Å²) >= 11 is 0. The predicted octanol–water partition coefficient (Wildman–Crippen LogP) is 1.42. The number of para-hydroxylation sites is 1. The zero-order valence-electron chi connectivity index (χ0n) is 10.6. The van der Waals surface area contributed by atoms with Crippen molar-refractivity contribution in [3.8, 4) is 5.75 Å². The molecule has 0 spiro atoms. The third-order valence-electron chi connectivity index (χ3n) is 3.37. The molecule has 0 radical (unpaired) electrons. The van der Waals surface area contributed by atoms with E-state index in [2.05, 4.69) is 10.3 Å². The molecule has 3 rings (SSSR count). The molecule has 1 aliphatic rings. The summed E-state index contributed by atoms with van der Waals surface area (Å²) in [5, 5.41) is 13.3. The van der Waals surface area contributed by atoms with Gasteiger partial charge in [0.2, 0.25) is 0 Å². The van der Waals surface area contributed by atoms with Gasteiger partial charge in [-0.2, -0.15) is 0 Å². The highest BCUT2D eigenvalue weighted by molar-refractivity contribution is 6.08. The van der Waals surface area contributed by atoms with Crippen molar-refractivity contribution in [1.82, 2.24) is 4.98 Å². The second-order valence-electron chi connectivity index (χ2n) is 4.40. The Morgan fingerprint density at radius 2 is 2.15 bits per heavy atom. The Balaban J connectivity index is 2.27. The number of benzene rings is 1. The van der Waals surface area contributed by atoms with Gasteiger partial charge in [0.1, 0.15) is 11.6 Å². The first-order valence-electron chi connectivity index (χ1n) is 5.90. The van der Waals surface area contributed by atoms with E-state index in [0.29, 0.717) is 11.4 Å². The van der Waals surface area contributed by atoms with E-state index in [1.807, 2.05) is 0 Å². The summed E-state index contributed by atoms with van der Waals surface area (Å²) < 4.78 is 19.0. The Labute approximate surface area is 114 Å². The summed E-state index contributed by atoms with van der Waals surface area (Å²) in [6.45, 7) is 0. The largest absolute Gasteiger partial charge is 0.495 e. The van der Waals surface area contributed by atoms with Gasteiger partial charge in [0.25, 0.3) is 5.91 Å². The third kappa shape index (κ3) is 1.51. The van der Waals surface area contributed by atoms with Gasteiger partial charge in [-0.3, -0.25) is 9.78 Å². The summed E-state index contributed by atoms with van der Waals surface area (Å²) in [5.74, 6) is -1.07. The summed E-state index contributed by atoms with van der Waals surface area (Å²) in [6.07, 6.45) is 2.28. The lowest BCUT2D eigenvalue weighted by atomic mass is 9.87. The fourth-order valence-electron chi connectivity index (χ4n) is 2.39. The molecule has 1 aliphatic heterocycles. The van der Waals surface area contributed by atoms with E-state index in [1.165, 1.54) is 19.4 Å². The molecule has 0 saturated heterocycles. The molecular weight excluding hydrogens is 263 g/mol. The van der Waals surface area contributed by atoms with Crippen LogP contribution in [0.15, 0.2) is 36.7 Å². The number of fused-ring (bicyclic) bond motifs is 1. The number of hydrogen-bond donors (Lipinski definition) is 2. The Morgan fingerprint density at radius 3 is 2.85 bits per heavy atom. The number of anilines is 1. The van der Waals surface area contributed by atoms with Gasteiger partial charge in [-0.1, -0.05) is 12.1 Å². The monoisotopic (exact) mass is 274 g/mol. The van der Waals surface area contributed by atoms with Crippen molar-refractivity contribution in [2.75, 3.05) is 12.4 Å². The SMILES string of the molecule is COc1cccc2c1NC(=O)C2(O)c1ccncc1F. The number of rotatable bonds is 2. The van der Waals surface area contributed by atoms with Crippen LogP contribution in [0, 0.1) is 5.82 Å². The lowest BCUT2D eigenvalue weighted by Gasteiger charge is -2.21. The molecule has 20 heavy (non-hydrogen) atoms. The topological polar surface area (TPSA) is 71.5 Å². The van der Waals surface area contributed by atoms with Gasteiger partial charge in [0, 0.05) is 17.3 Å². The van der Waals surface area contributed by atoms with Crippen LogP contribution in [0.4, 0.5) is 10.1 Å². The van der Waals surface area contributed by atoms with Crippen LogP contribution in [0.25, 0.3) is 0 Å². The van der Waals surface area contributed by atoms with Gasteiger partial charge in [-0.15, -0.1) is 0 Å². The summed E-state index contributed by atoms with van der Waals surface area (Å²) in [5.41, 5.74) is -1.63. The van der Waals surface area contributed by atoms with E-state index in [0.717, 1.165) is 6.20 Å². The number of nitrogens with one attached hydrogen (secondary N) is 1. The first-order chi connectivity index (χ1) is 9.59. The predicted molar refractivity (Wildman–Crippen MR) is 68.8 cm³/mol. The molecular formula is C14H11FN2O3. The summed E-state index contributed by atoms with van der Waals surface area (Å²) in [7, 11) is 1.45. The maximum absolute atomic E-state index is 13.9. The summed E-state index contributed by atoms with van der Waals surface area (Å²) in [4.78, 5) is 15.8. The van der Waals surface area contributed by atoms with Gasteiger partial charge in [0.05, 0.1) is 19.0 Å². The van der Waals surface area contributed by atoms with E-state index in [9.17, 15) is 14.3 Å². The number of nitrogens with zero attached hydrogens (tertiary/aromatic N) is 1. The van der Waals surface area contributed by atoms with E-state index >= 15 is 0 Å². The van der Waals surface area contributed by atoms with Crippen LogP contribution < -0.4 is 10.1 Å². The normalized spacial score (nSPS) is 20.4. The van der Waals surface area contributed by atoms with Crippen LogP contribution in [0.2, 0.25) is 0 Å². The highest BCUT2D eigenvalue weighted by atomic mass is 19.1. The van der Waals surface area contributed by atoms with Crippen molar-refractivity contribution in [3.63, 3.8) is 0 Å². The molecule has 1 aromatic heterocycles. The van der Waals surface area contributed by atoms with Crippen molar-refractivity contribution in [3.05, 3.63) is 53.6 Å². The maximum atomic E-state index is 13.9. The Morgan fingerprint density at radius 1 is 1.35 bits per heavy atom. The molecule has 1 amide bonds. The Bertz CT molecular complexity index is 705. The number of hydrogen-bond acceptors (Lipinski definition) is 4. The molecule has 2 aromatic rings. The van der Waals surface area contributed by atoms with Gasteiger partial charge in [-0.25, -0.2) is 4.39 Å². The number of amides is 1. The molecule has 1 aromatic carbocycles. The zero-order valence-corrected chi connectivity index (χ0v) is 10.6. The zero-order chi connectivity index (χ0) is 14.3. The highest BCUT2D eigenvalue weighted by Crippen LogP contribution is 2.45. The smallest absolute Gasteiger partial charge is 0.266 e. The number of aromatic nitrogens is 1. The average Bonchev–Trinajstić information content (AvgIpc) is 2.72. The van der Waals surface area contributed by atoms with Crippen LogP contribution in [-0.4, -0.2) is 23.1 Å². The van der Waals surface area contributed by atoms with Crippen LogP contribution >= 0.6 is 0 Å². The van der Waals surface area contributed by atoms with E-state index in [4.69, 9.17) is 4.74 Å². The molecule has 0 saturated carbocycles. The van der Waals surface area contributed by atoms with Crippen LogP contribution in [0.5, 0.6) is 5.75 Å². The molecule has 2 N–H and O–H groups in total. The first kappa shape index (κ1) is 12.6. The van der Waals surface area contributed by atoms with E-state index in [1.54, 1.807) is 18.2 Å². The van der Waals surface area contributed by atoms with Crippen molar-refractivity contribution >= 4 is 11.6 Å². The fraction of sp³-hybridized carbons (Fsp3) is 0.143.